The maximum Gasteiger partial charge on any atom is 0.308 e. The van der Waals surface area contributed by atoms with Crippen LogP contribution in [0.2, 0.25) is 0 Å². The zero-order chi connectivity index (χ0) is 12.0. The largest absolute Gasteiger partial charge is 0.481 e. The van der Waals surface area contributed by atoms with Gasteiger partial charge in [0.1, 0.15) is 0 Å². The number of amides is 1. The fourth-order valence-corrected chi connectivity index (χ4v) is 3.45. The molecule has 16 heavy (non-hydrogen) atoms. The predicted molar refractivity (Wildman–Crippen MR) is 58.9 cm³/mol. The molecule has 3 unspecified atom stereocenters. The molecule has 0 aromatic heterocycles. The van der Waals surface area contributed by atoms with Gasteiger partial charge in [0.15, 0.2) is 0 Å². The third-order valence-corrected chi connectivity index (χ3v) is 4.32. The maximum absolute atomic E-state index is 11.7. The first kappa shape index (κ1) is 11.4. The second kappa shape index (κ2) is 3.47. The van der Waals surface area contributed by atoms with E-state index >= 15 is 0 Å². The lowest BCUT2D eigenvalue weighted by atomic mass is 9.59. The molecule has 4 heteroatoms. The summed E-state index contributed by atoms with van der Waals surface area (Å²) < 4.78 is 0. The second-order valence-corrected chi connectivity index (χ2v) is 5.78. The van der Waals surface area contributed by atoms with E-state index in [9.17, 15) is 9.59 Å². The summed E-state index contributed by atoms with van der Waals surface area (Å²) in [5.41, 5.74) is -0.502. The summed E-state index contributed by atoms with van der Waals surface area (Å²) in [6, 6.07) is 0. The van der Waals surface area contributed by atoms with E-state index in [0.717, 1.165) is 25.7 Å². The van der Waals surface area contributed by atoms with Gasteiger partial charge in [-0.15, -0.1) is 0 Å². The quantitative estimate of drug-likeness (QED) is 0.749. The Balaban J connectivity index is 2.31. The Morgan fingerprint density at radius 2 is 2.19 bits per heavy atom. The molecule has 1 heterocycles. The number of piperidine rings is 1. The molecule has 2 bridgehead atoms. The number of carbonyl (C=O) groups excluding carboxylic acids is 1. The number of nitrogens with one attached hydrogen (secondary N) is 1. The molecule has 0 spiro atoms. The van der Waals surface area contributed by atoms with Gasteiger partial charge < -0.3 is 10.4 Å². The van der Waals surface area contributed by atoms with E-state index in [4.69, 9.17) is 5.11 Å². The number of hydrogen-bond acceptors (Lipinski definition) is 2. The predicted octanol–water partition coefficient (Wildman–Crippen LogP) is 1.55. The molecule has 0 aromatic rings. The number of carboxylic acid groups (broad SMARTS) is 1. The standard InChI is InChI=1S/C12H19NO3/c1-8(10(15)16)12-5-3-4-11(2,7-12)6-9(14)13-12/h8H,3-7H2,1-2H3,(H,13,14)(H,15,16). The van der Waals surface area contributed by atoms with Crippen molar-refractivity contribution in [2.24, 2.45) is 11.3 Å². The Morgan fingerprint density at radius 1 is 1.50 bits per heavy atom. The van der Waals surface area contributed by atoms with Crippen molar-refractivity contribution in [3.05, 3.63) is 0 Å². The lowest BCUT2D eigenvalue weighted by Gasteiger charge is -2.52. The van der Waals surface area contributed by atoms with Gasteiger partial charge in [0.05, 0.1) is 11.5 Å². The minimum atomic E-state index is -0.813. The summed E-state index contributed by atoms with van der Waals surface area (Å²) in [4.78, 5) is 22.9. The lowest BCUT2D eigenvalue weighted by molar-refractivity contribution is -0.149. The number of aliphatic carboxylic acids is 1. The van der Waals surface area contributed by atoms with Crippen LogP contribution in [0, 0.1) is 11.3 Å². The van der Waals surface area contributed by atoms with Gasteiger partial charge in [0, 0.05) is 6.42 Å². The SMILES string of the molecule is CC(C(=O)O)C12CCCC(C)(CC(=O)N1)C2. The molecule has 1 amide bonds. The Labute approximate surface area is 95.4 Å². The molecule has 90 valence electrons. The van der Waals surface area contributed by atoms with Gasteiger partial charge in [-0.3, -0.25) is 9.59 Å². The van der Waals surface area contributed by atoms with Crippen molar-refractivity contribution < 1.29 is 14.7 Å². The van der Waals surface area contributed by atoms with Crippen molar-refractivity contribution in [3.63, 3.8) is 0 Å². The number of rotatable bonds is 2. The van der Waals surface area contributed by atoms with Gasteiger partial charge in [0.2, 0.25) is 5.91 Å². The monoisotopic (exact) mass is 225 g/mol. The molecule has 0 aromatic carbocycles. The van der Waals surface area contributed by atoms with Crippen LogP contribution in [-0.2, 0) is 9.59 Å². The molecule has 1 saturated carbocycles. The first-order chi connectivity index (χ1) is 7.37. The van der Waals surface area contributed by atoms with Crippen molar-refractivity contribution in [1.29, 1.82) is 0 Å². The second-order valence-electron chi connectivity index (χ2n) is 5.78. The number of fused-ring (bicyclic) bond motifs is 2. The van der Waals surface area contributed by atoms with E-state index in [1.165, 1.54) is 0 Å². The van der Waals surface area contributed by atoms with Crippen LogP contribution in [0.3, 0.4) is 0 Å². The van der Waals surface area contributed by atoms with E-state index in [0.29, 0.717) is 6.42 Å². The van der Waals surface area contributed by atoms with Crippen molar-refractivity contribution in [3.8, 4) is 0 Å². The molecule has 1 saturated heterocycles. The zero-order valence-corrected chi connectivity index (χ0v) is 9.88. The third-order valence-electron chi connectivity index (χ3n) is 4.32. The van der Waals surface area contributed by atoms with Gasteiger partial charge in [-0.25, -0.2) is 0 Å². The summed E-state index contributed by atoms with van der Waals surface area (Å²) in [5.74, 6) is -1.30. The zero-order valence-electron chi connectivity index (χ0n) is 9.88. The van der Waals surface area contributed by atoms with Crippen LogP contribution < -0.4 is 5.32 Å². The van der Waals surface area contributed by atoms with Gasteiger partial charge in [-0.1, -0.05) is 13.3 Å². The normalized spacial score (nSPS) is 40.0. The summed E-state index contributed by atoms with van der Waals surface area (Å²) >= 11 is 0. The lowest BCUT2D eigenvalue weighted by Crippen LogP contribution is -2.63. The van der Waals surface area contributed by atoms with E-state index < -0.39 is 17.4 Å². The number of carboxylic acids is 1. The molecule has 1 aliphatic carbocycles. The highest BCUT2D eigenvalue weighted by Crippen LogP contribution is 2.49. The van der Waals surface area contributed by atoms with Crippen LogP contribution in [0.5, 0.6) is 0 Å². The molecule has 1 aliphatic heterocycles. The van der Waals surface area contributed by atoms with Crippen LogP contribution in [0.25, 0.3) is 0 Å². The molecule has 2 rings (SSSR count). The van der Waals surface area contributed by atoms with Crippen molar-refractivity contribution in [2.45, 2.75) is 51.5 Å². The topological polar surface area (TPSA) is 66.4 Å². The van der Waals surface area contributed by atoms with Crippen molar-refractivity contribution in [2.75, 3.05) is 0 Å². The molecular formula is C12H19NO3. The Bertz CT molecular complexity index is 341. The fraction of sp³-hybridized carbons (Fsp3) is 0.833. The number of hydrogen-bond donors (Lipinski definition) is 2. The smallest absolute Gasteiger partial charge is 0.308 e. The van der Waals surface area contributed by atoms with Crippen molar-refractivity contribution in [1.82, 2.24) is 5.32 Å². The Kier molecular flexibility index (Phi) is 2.48. The highest BCUT2D eigenvalue weighted by atomic mass is 16.4. The molecule has 0 radical (unpaired) electrons. The summed E-state index contributed by atoms with van der Waals surface area (Å²) in [7, 11) is 0. The van der Waals surface area contributed by atoms with Gasteiger partial charge in [-0.2, -0.15) is 0 Å². The van der Waals surface area contributed by atoms with Crippen LogP contribution in [0.15, 0.2) is 0 Å². The molecule has 2 fully saturated rings. The highest BCUT2D eigenvalue weighted by Gasteiger charge is 2.52. The molecule has 3 atom stereocenters. The maximum atomic E-state index is 11.7. The van der Waals surface area contributed by atoms with Crippen LogP contribution in [-0.4, -0.2) is 22.5 Å². The molecular weight excluding hydrogens is 206 g/mol. The third kappa shape index (κ3) is 1.70. The van der Waals surface area contributed by atoms with Crippen LogP contribution in [0.4, 0.5) is 0 Å². The average Bonchev–Trinajstić information content (AvgIpc) is 2.13. The van der Waals surface area contributed by atoms with E-state index in [1.807, 2.05) is 0 Å². The van der Waals surface area contributed by atoms with Gasteiger partial charge in [-0.05, 0) is 31.6 Å². The first-order valence-electron chi connectivity index (χ1n) is 5.91. The summed E-state index contributed by atoms with van der Waals surface area (Å²) in [6.07, 6.45) is 4.19. The molecule has 4 nitrogen and oxygen atoms in total. The minimum absolute atomic E-state index is 0.00426. The van der Waals surface area contributed by atoms with Gasteiger partial charge in [0.25, 0.3) is 0 Å². The molecule has 2 N–H and O–H groups in total. The Morgan fingerprint density at radius 3 is 2.81 bits per heavy atom. The van der Waals surface area contributed by atoms with E-state index in [2.05, 4.69) is 12.2 Å². The first-order valence-corrected chi connectivity index (χ1v) is 5.91. The molecule has 2 aliphatic rings. The summed E-state index contributed by atoms with van der Waals surface area (Å²) in [6.45, 7) is 3.81. The Hall–Kier alpha value is -1.06. The highest BCUT2D eigenvalue weighted by molar-refractivity contribution is 5.81. The van der Waals surface area contributed by atoms with Crippen LogP contribution in [0.1, 0.15) is 46.0 Å². The number of carbonyl (C=O) groups is 2. The summed E-state index contributed by atoms with van der Waals surface area (Å²) in [5, 5.41) is 12.1. The van der Waals surface area contributed by atoms with Gasteiger partial charge >= 0.3 is 5.97 Å². The minimum Gasteiger partial charge on any atom is -0.481 e. The van der Waals surface area contributed by atoms with Crippen molar-refractivity contribution >= 4 is 11.9 Å². The average molecular weight is 225 g/mol. The van der Waals surface area contributed by atoms with E-state index in [1.54, 1.807) is 6.92 Å². The van der Waals surface area contributed by atoms with Crippen LogP contribution >= 0.6 is 0 Å². The fourth-order valence-electron chi connectivity index (χ4n) is 3.45. The van der Waals surface area contributed by atoms with E-state index in [-0.39, 0.29) is 11.3 Å².